The van der Waals surface area contributed by atoms with Crippen LogP contribution in [0.5, 0.6) is 0 Å². The van der Waals surface area contributed by atoms with Gasteiger partial charge in [-0.1, -0.05) is 56.3 Å². The molecule has 1 nitrogen and oxygen atoms in total. The maximum absolute atomic E-state index is 2.54. The van der Waals surface area contributed by atoms with Gasteiger partial charge in [-0.05, 0) is 17.4 Å². The molecule has 1 heteroatoms. The molecule has 0 aromatic heterocycles. The van der Waals surface area contributed by atoms with E-state index in [9.17, 15) is 0 Å². The van der Waals surface area contributed by atoms with Crippen LogP contribution < -0.4 is 0 Å². The van der Waals surface area contributed by atoms with Gasteiger partial charge in [0.15, 0.2) is 0 Å². The van der Waals surface area contributed by atoms with E-state index in [0.717, 1.165) is 18.4 Å². The SMILES string of the molecule is CC1CN(CC=Cc2ccccc2)CC1C. The Balaban J connectivity index is 1.82. The lowest BCUT2D eigenvalue weighted by atomic mass is 10.0. The van der Waals surface area contributed by atoms with Crippen LogP contribution in [0, 0.1) is 11.8 Å². The molecule has 2 unspecified atom stereocenters. The van der Waals surface area contributed by atoms with Crippen molar-refractivity contribution in [3.63, 3.8) is 0 Å². The summed E-state index contributed by atoms with van der Waals surface area (Å²) in [5.74, 6) is 1.70. The quantitative estimate of drug-likeness (QED) is 0.748. The third-order valence-corrected chi connectivity index (χ3v) is 3.54. The number of benzene rings is 1. The first-order chi connectivity index (χ1) is 7.75. The zero-order chi connectivity index (χ0) is 11.4. The second-order valence-corrected chi connectivity index (χ2v) is 4.99. The highest BCUT2D eigenvalue weighted by Gasteiger charge is 2.24. The van der Waals surface area contributed by atoms with Gasteiger partial charge in [0.2, 0.25) is 0 Å². The Labute approximate surface area is 98.8 Å². The van der Waals surface area contributed by atoms with E-state index in [0.29, 0.717) is 0 Å². The van der Waals surface area contributed by atoms with E-state index in [2.05, 4.69) is 61.2 Å². The van der Waals surface area contributed by atoms with E-state index >= 15 is 0 Å². The number of hydrogen-bond acceptors (Lipinski definition) is 1. The molecular weight excluding hydrogens is 194 g/mol. The minimum atomic E-state index is 0.852. The van der Waals surface area contributed by atoms with Gasteiger partial charge >= 0.3 is 0 Å². The molecule has 0 spiro atoms. The Kier molecular flexibility index (Phi) is 3.79. The van der Waals surface area contributed by atoms with Crippen LogP contribution in [0.25, 0.3) is 6.08 Å². The van der Waals surface area contributed by atoms with Gasteiger partial charge in [0.1, 0.15) is 0 Å². The zero-order valence-electron chi connectivity index (χ0n) is 10.3. The van der Waals surface area contributed by atoms with Crippen molar-refractivity contribution < 1.29 is 0 Å². The largest absolute Gasteiger partial charge is 0.299 e. The van der Waals surface area contributed by atoms with Crippen LogP contribution >= 0.6 is 0 Å². The molecule has 2 rings (SSSR count). The fourth-order valence-corrected chi connectivity index (χ4v) is 2.30. The summed E-state index contributed by atoms with van der Waals surface area (Å²) in [6.45, 7) is 8.29. The van der Waals surface area contributed by atoms with Crippen molar-refractivity contribution in [2.75, 3.05) is 19.6 Å². The Hall–Kier alpha value is -1.08. The van der Waals surface area contributed by atoms with Gasteiger partial charge in [0.05, 0.1) is 0 Å². The maximum Gasteiger partial charge on any atom is 0.0166 e. The smallest absolute Gasteiger partial charge is 0.0166 e. The molecule has 1 aliphatic rings. The van der Waals surface area contributed by atoms with Crippen molar-refractivity contribution >= 4 is 6.08 Å². The van der Waals surface area contributed by atoms with Gasteiger partial charge in [0.25, 0.3) is 0 Å². The molecule has 1 heterocycles. The monoisotopic (exact) mass is 215 g/mol. The molecule has 16 heavy (non-hydrogen) atoms. The molecule has 1 saturated heterocycles. The molecule has 1 fully saturated rings. The second kappa shape index (κ2) is 5.31. The van der Waals surface area contributed by atoms with Crippen molar-refractivity contribution in [1.82, 2.24) is 4.90 Å². The van der Waals surface area contributed by atoms with Gasteiger partial charge in [-0.15, -0.1) is 0 Å². The van der Waals surface area contributed by atoms with Crippen LogP contribution in [0.15, 0.2) is 36.4 Å². The molecule has 0 saturated carbocycles. The number of hydrogen-bond donors (Lipinski definition) is 0. The van der Waals surface area contributed by atoms with Gasteiger partial charge in [0, 0.05) is 19.6 Å². The van der Waals surface area contributed by atoms with Crippen LogP contribution in [0.3, 0.4) is 0 Å². The molecule has 1 aromatic rings. The summed E-state index contributed by atoms with van der Waals surface area (Å²) in [7, 11) is 0. The first-order valence-electron chi connectivity index (χ1n) is 6.19. The van der Waals surface area contributed by atoms with Crippen molar-refractivity contribution in [2.45, 2.75) is 13.8 Å². The highest BCUT2D eigenvalue weighted by Crippen LogP contribution is 2.21. The average molecular weight is 215 g/mol. The normalized spacial score (nSPS) is 26.6. The molecule has 0 bridgehead atoms. The standard InChI is InChI=1S/C15H21N/c1-13-11-16(12-14(13)2)10-6-9-15-7-4-3-5-8-15/h3-9,13-14H,10-12H2,1-2H3. The third kappa shape index (κ3) is 2.96. The lowest BCUT2D eigenvalue weighted by molar-refractivity contribution is 0.360. The Morgan fingerprint density at radius 3 is 2.38 bits per heavy atom. The minimum absolute atomic E-state index is 0.852. The van der Waals surface area contributed by atoms with Crippen molar-refractivity contribution in [1.29, 1.82) is 0 Å². The number of likely N-dealkylation sites (tertiary alicyclic amines) is 1. The Morgan fingerprint density at radius 2 is 1.75 bits per heavy atom. The zero-order valence-corrected chi connectivity index (χ0v) is 10.3. The summed E-state index contributed by atoms with van der Waals surface area (Å²) in [6, 6.07) is 10.5. The number of nitrogens with zero attached hydrogens (tertiary/aromatic N) is 1. The number of rotatable bonds is 3. The molecule has 86 valence electrons. The highest BCUT2D eigenvalue weighted by atomic mass is 15.1. The van der Waals surface area contributed by atoms with E-state index in [1.54, 1.807) is 0 Å². The molecule has 0 amide bonds. The van der Waals surface area contributed by atoms with Crippen LogP contribution in [0.2, 0.25) is 0 Å². The van der Waals surface area contributed by atoms with Crippen molar-refractivity contribution in [3.8, 4) is 0 Å². The van der Waals surface area contributed by atoms with Gasteiger partial charge in [-0.2, -0.15) is 0 Å². The van der Waals surface area contributed by atoms with E-state index in [1.807, 2.05) is 0 Å². The Morgan fingerprint density at radius 1 is 1.12 bits per heavy atom. The Bertz CT molecular complexity index is 332. The first-order valence-corrected chi connectivity index (χ1v) is 6.19. The van der Waals surface area contributed by atoms with Crippen molar-refractivity contribution in [2.24, 2.45) is 11.8 Å². The van der Waals surface area contributed by atoms with E-state index in [-0.39, 0.29) is 0 Å². The predicted octanol–water partition coefficient (Wildman–Crippen LogP) is 3.29. The fourth-order valence-electron chi connectivity index (χ4n) is 2.30. The predicted molar refractivity (Wildman–Crippen MR) is 70.2 cm³/mol. The highest BCUT2D eigenvalue weighted by molar-refractivity contribution is 5.48. The molecule has 1 aliphatic heterocycles. The minimum Gasteiger partial charge on any atom is -0.299 e. The van der Waals surface area contributed by atoms with E-state index < -0.39 is 0 Å². The van der Waals surface area contributed by atoms with E-state index in [4.69, 9.17) is 0 Å². The van der Waals surface area contributed by atoms with Crippen LogP contribution in [-0.4, -0.2) is 24.5 Å². The summed E-state index contributed by atoms with van der Waals surface area (Å²) in [5.41, 5.74) is 1.29. The van der Waals surface area contributed by atoms with Crippen LogP contribution in [0.4, 0.5) is 0 Å². The summed E-state index contributed by atoms with van der Waals surface area (Å²) in [6.07, 6.45) is 4.49. The van der Waals surface area contributed by atoms with Gasteiger partial charge in [-0.3, -0.25) is 4.90 Å². The maximum atomic E-state index is 2.54. The lowest BCUT2D eigenvalue weighted by Crippen LogP contribution is -2.20. The lowest BCUT2D eigenvalue weighted by Gasteiger charge is -2.11. The molecule has 1 aromatic carbocycles. The summed E-state index contributed by atoms with van der Waals surface area (Å²) in [5, 5.41) is 0. The van der Waals surface area contributed by atoms with Gasteiger partial charge in [-0.25, -0.2) is 0 Å². The van der Waals surface area contributed by atoms with Gasteiger partial charge < -0.3 is 0 Å². The average Bonchev–Trinajstić information content (AvgIpc) is 2.60. The third-order valence-electron chi connectivity index (χ3n) is 3.54. The summed E-state index contributed by atoms with van der Waals surface area (Å²) < 4.78 is 0. The molecule has 0 radical (unpaired) electrons. The summed E-state index contributed by atoms with van der Waals surface area (Å²) >= 11 is 0. The van der Waals surface area contributed by atoms with Crippen LogP contribution in [-0.2, 0) is 0 Å². The fraction of sp³-hybridized carbons (Fsp3) is 0.467. The summed E-state index contributed by atoms with van der Waals surface area (Å²) in [4.78, 5) is 2.54. The topological polar surface area (TPSA) is 3.24 Å². The van der Waals surface area contributed by atoms with Crippen LogP contribution in [0.1, 0.15) is 19.4 Å². The molecular formula is C15H21N. The molecule has 2 atom stereocenters. The first kappa shape index (κ1) is 11.4. The second-order valence-electron chi connectivity index (χ2n) is 4.99. The van der Waals surface area contributed by atoms with Crippen molar-refractivity contribution in [3.05, 3.63) is 42.0 Å². The molecule has 0 N–H and O–H groups in total. The van der Waals surface area contributed by atoms with E-state index in [1.165, 1.54) is 18.7 Å². The molecule has 0 aliphatic carbocycles.